The molecule has 0 aliphatic heterocycles. The molecule has 1 atom stereocenters. The van der Waals surface area contributed by atoms with Gasteiger partial charge in [-0.1, -0.05) is 41.6 Å². The third kappa shape index (κ3) is 5.65. The quantitative estimate of drug-likeness (QED) is 0.219. The number of fused-ring (bicyclic) bond motifs is 1. The van der Waals surface area contributed by atoms with E-state index in [1.165, 1.54) is 11.8 Å². The lowest BCUT2D eigenvalue weighted by Crippen LogP contribution is -2.40. The SMILES string of the molecule is Cc1cccc(-c2nnc(C(C)Sc3nc4ccccc4c(=O)n3CCN(C(C)C)C(C)C)o2)c1. The number of benzene rings is 2. The fourth-order valence-corrected chi connectivity index (χ4v) is 5.23. The number of hydrogen-bond acceptors (Lipinski definition) is 7. The van der Waals surface area contributed by atoms with Crippen LogP contribution in [0.25, 0.3) is 22.4 Å². The molecule has 0 N–H and O–H groups in total. The molecular formula is C27H33N5O2S. The molecule has 0 bridgehead atoms. The fourth-order valence-electron chi connectivity index (χ4n) is 4.27. The van der Waals surface area contributed by atoms with Crippen LogP contribution in [0.15, 0.2) is 62.9 Å². The Balaban J connectivity index is 1.65. The highest BCUT2D eigenvalue weighted by Gasteiger charge is 2.21. The first-order chi connectivity index (χ1) is 16.7. The molecular weight excluding hydrogens is 458 g/mol. The summed E-state index contributed by atoms with van der Waals surface area (Å²) in [7, 11) is 0. The lowest BCUT2D eigenvalue weighted by molar-refractivity contribution is 0.166. The van der Waals surface area contributed by atoms with Crippen molar-refractivity contribution in [2.45, 2.75) is 70.6 Å². The molecule has 0 aliphatic rings. The van der Waals surface area contributed by atoms with Gasteiger partial charge in [0.2, 0.25) is 11.8 Å². The van der Waals surface area contributed by atoms with E-state index in [1.54, 1.807) is 4.57 Å². The van der Waals surface area contributed by atoms with Crippen LogP contribution in [-0.4, -0.2) is 43.3 Å². The zero-order valence-corrected chi connectivity index (χ0v) is 22.0. The molecule has 0 saturated carbocycles. The van der Waals surface area contributed by atoms with Crippen molar-refractivity contribution in [2.75, 3.05) is 6.54 Å². The molecule has 2 aromatic heterocycles. The van der Waals surface area contributed by atoms with Gasteiger partial charge < -0.3 is 4.42 Å². The van der Waals surface area contributed by atoms with Crippen LogP contribution >= 0.6 is 11.8 Å². The van der Waals surface area contributed by atoms with E-state index in [9.17, 15) is 4.79 Å². The van der Waals surface area contributed by atoms with Crippen LogP contribution in [0.3, 0.4) is 0 Å². The van der Waals surface area contributed by atoms with Gasteiger partial charge in [0.25, 0.3) is 5.56 Å². The summed E-state index contributed by atoms with van der Waals surface area (Å²) in [5.74, 6) is 0.996. The normalized spacial score (nSPS) is 12.8. The number of para-hydroxylation sites is 1. The van der Waals surface area contributed by atoms with Gasteiger partial charge in [-0.2, -0.15) is 0 Å². The van der Waals surface area contributed by atoms with Crippen LogP contribution in [-0.2, 0) is 6.54 Å². The number of rotatable bonds is 9. The molecule has 0 spiro atoms. The van der Waals surface area contributed by atoms with Crippen molar-refractivity contribution < 1.29 is 4.42 Å². The molecule has 35 heavy (non-hydrogen) atoms. The van der Waals surface area contributed by atoms with Gasteiger partial charge in [0.05, 0.1) is 16.2 Å². The molecule has 0 fully saturated rings. The molecule has 8 heteroatoms. The predicted molar refractivity (Wildman–Crippen MR) is 142 cm³/mol. The van der Waals surface area contributed by atoms with E-state index in [4.69, 9.17) is 9.40 Å². The molecule has 2 heterocycles. The summed E-state index contributed by atoms with van der Waals surface area (Å²) in [6, 6.07) is 16.3. The second-order valence-electron chi connectivity index (χ2n) is 9.37. The molecule has 0 amide bonds. The Morgan fingerprint density at radius 1 is 1.00 bits per heavy atom. The Labute approximate surface area is 210 Å². The van der Waals surface area contributed by atoms with Crippen molar-refractivity contribution in [1.82, 2.24) is 24.6 Å². The maximum atomic E-state index is 13.5. The Bertz CT molecular complexity index is 1350. The van der Waals surface area contributed by atoms with Gasteiger partial charge in [-0.25, -0.2) is 4.98 Å². The van der Waals surface area contributed by atoms with Gasteiger partial charge in [0, 0.05) is 30.7 Å². The zero-order valence-electron chi connectivity index (χ0n) is 21.2. The molecule has 0 aliphatic carbocycles. The molecule has 7 nitrogen and oxygen atoms in total. The topological polar surface area (TPSA) is 77.1 Å². The Kier molecular flexibility index (Phi) is 7.72. The third-order valence-corrected chi connectivity index (χ3v) is 7.15. The van der Waals surface area contributed by atoms with E-state index in [0.717, 1.165) is 17.7 Å². The summed E-state index contributed by atoms with van der Waals surface area (Å²) < 4.78 is 7.80. The monoisotopic (exact) mass is 491 g/mol. The highest BCUT2D eigenvalue weighted by molar-refractivity contribution is 7.99. The summed E-state index contributed by atoms with van der Waals surface area (Å²) in [5.41, 5.74) is 2.69. The molecule has 4 rings (SSSR count). The summed E-state index contributed by atoms with van der Waals surface area (Å²) in [6.07, 6.45) is 0. The van der Waals surface area contributed by atoms with Crippen molar-refractivity contribution in [2.24, 2.45) is 0 Å². The second-order valence-corrected chi connectivity index (χ2v) is 10.7. The largest absolute Gasteiger partial charge is 0.419 e. The average molecular weight is 492 g/mol. The van der Waals surface area contributed by atoms with Crippen LogP contribution in [0.2, 0.25) is 0 Å². The highest BCUT2D eigenvalue weighted by atomic mass is 32.2. The molecule has 0 saturated heterocycles. The Hall–Kier alpha value is -2.97. The van der Waals surface area contributed by atoms with Gasteiger partial charge in [-0.05, 0) is 65.8 Å². The van der Waals surface area contributed by atoms with E-state index in [0.29, 0.717) is 46.5 Å². The lowest BCUT2D eigenvalue weighted by atomic mass is 10.1. The second kappa shape index (κ2) is 10.7. The van der Waals surface area contributed by atoms with Crippen molar-refractivity contribution in [3.05, 3.63) is 70.3 Å². The van der Waals surface area contributed by atoms with Crippen LogP contribution in [0, 0.1) is 6.92 Å². The van der Waals surface area contributed by atoms with Crippen LogP contribution in [0.1, 0.15) is 51.3 Å². The first-order valence-electron chi connectivity index (χ1n) is 12.1. The van der Waals surface area contributed by atoms with E-state index in [-0.39, 0.29) is 10.8 Å². The van der Waals surface area contributed by atoms with E-state index >= 15 is 0 Å². The van der Waals surface area contributed by atoms with Gasteiger partial charge in [0.15, 0.2) is 5.16 Å². The van der Waals surface area contributed by atoms with Gasteiger partial charge in [-0.3, -0.25) is 14.3 Å². The van der Waals surface area contributed by atoms with Gasteiger partial charge in [0.1, 0.15) is 0 Å². The van der Waals surface area contributed by atoms with Crippen LogP contribution in [0.4, 0.5) is 0 Å². The first-order valence-corrected chi connectivity index (χ1v) is 12.9. The molecule has 1 unspecified atom stereocenters. The number of thioether (sulfide) groups is 1. The standard InChI is InChI=1S/C27H33N5O2S/c1-17(2)31(18(3)4)14-15-32-26(33)22-12-7-8-13-23(22)28-27(32)35-20(6)24-29-30-25(34-24)21-11-9-10-19(5)16-21/h7-13,16-18,20H,14-15H2,1-6H3. The fraction of sp³-hybridized carbons (Fsp3) is 0.407. The smallest absolute Gasteiger partial charge is 0.262 e. The maximum absolute atomic E-state index is 13.5. The summed E-state index contributed by atoms with van der Waals surface area (Å²) in [6.45, 7) is 14.1. The van der Waals surface area contributed by atoms with Gasteiger partial charge >= 0.3 is 0 Å². The lowest BCUT2D eigenvalue weighted by Gasteiger charge is -2.31. The van der Waals surface area contributed by atoms with Crippen molar-refractivity contribution in [1.29, 1.82) is 0 Å². The summed E-state index contributed by atoms with van der Waals surface area (Å²) in [5, 5.41) is 9.66. The molecule has 2 aromatic carbocycles. The van der Waals surface area contributed by atoms with Crippen LogP contribution < -0.4 is 5.56 Å². The number of aryl methyl sites for hydroxylation is 1. The minimum absolute atomic E-state index is 0.0243. The molecule has 184 valence electrons. The third-order valence-electron chi connectivity index (χ3n) is 6.07. The van der Waals surface area contributed by atoms with E-state index in [1.807, 2.05) is 62.4 Å². The predicted octanol–water partition coefficient (Wildman–Crippen LogP) is 5.73. The van der Waals surface area contributed by atoms with E-state index < -0.39 is 0 Å². The number of aromatic nitrogens is 4. The van der Waals surface area contributed by atoms with Gasteiger partial charge in [-0.15, -0.1) is 10.2 Å². The Morgan fingerprint density at radius 2 is 1.74 bits per heavy atom. The summed E-state index contributed by atoms with van der Waals surface area (Å²) >= 11 is 1.47. The summed E-state index contributed by atoms with van der Waals surface area (Å²) in [4.78, 5) is 20.7. The van der Waals surface area contributed by atoms with Crippen molar-refractivity contribution in [3.8, 4) is 11.5 Å². The number of hydrogen-bond donors (Lipinski definition) is 0. The zero-order chi connectivity index (χ0) is 25.1. The first kappa shape index (κ1) is 25.1. The average Bonchev–Trinajstić information content (AvgIpc) is 3.31. The van der Waals surface area contributed by atoms with E-state index in [2.05, 4.69) is 42.8 Å². The minimum atomic E-state index is -0.174. The minimum Gasteiger partial charge on any atom is -0.419 e. The van der Waals surface area contributed by atoms with Crippen molar-refractivity contribution >= 4 is 22.7 Å². The van der Waals surface area contributed by atoms with Crippen molar-refractivity contribution in [3.63, 3.8) is 0 Å². The maximum Gasteiger partial charge on any atom is 0.262 e. The molecule has 4 aromatic rings. The number of nitrogens with zero attached hydrogens (tertiary/aromatic N) is 5. The highest BCUT2D eigenvalue weighted by Crippen LogP contribution is 2.34. The van der Waals surface area contributed by atoms with Crippen LogP contribution in [0.5, 0.6) is 0 Å². The molecule has 0 radical (unpaired) electrons. The Morgan fingerprint density at radius 3 is 2.46 bits per heavy atom.